The van der Waals surface area contributed by atoms with Crippen molar-refractivity contribution < 1.29 is 9.59 Å². The van der Waals surface area contributed by atoms with Gasteiger partial charge in [0.2, 0.25) is 12.0 Å². The maximum absolute atomic E-state index is 10.1. The summed E-state index contributed by atoms with van der Waals surface area (Å²) in [7, 11) is 0. The molecular weight excluding hydrogens is 132 g/mol. The van der Waals surface area contributed by atoms with Crippen LogP contribution in [0.15, 0.2) is 4.99 Å². The van der Waals surface area contributed by atoms with Crippen molar-refractivity contribution in [2.45, 2.75) is 19.3 Å². The highest BCUT2D eigenvalue weighted by molar-refractivity contribution is 5.73. The molecule has 1 amide bonds. The van der Waals surface area contributed by atoms with Crippen molar-refractivity contribution >= 4 is 12.0 Å². The molecule has 4 heteroatoms. The Morgan fingerprint density at radius 3 is 2.70 bits per heavy atom. The Morgan fingerprint density at radius 2 is 2.20 bits per heavy atom. The highest BCUT2D eigenvalue weighted by Gasteiger charge is 1.92. The van der Waals surface area contributed by atoms with Gasteiger partial charge in [0.05, 0.1) is 6.54 Å². The lowest BCUT2D eigenvalue weighted by molar-refractivity contribution is -0.118. The van der Waals surface area contributed by atoms with Gasteiger partial charge < -0.3 is 5.73 Å². The number of isocyanates is 1. The average molecular weight is 142 g/mol. The van der Waals surface area contributed by atoms with Crippen LogP contribution < -0.4 is 5.73 Å². The number of nitrogens with two attached hydrogens (primary N) is 1. The molecule has 10 heavy (non-hydrogen) atoms. The van der Waals surface area contributed by atoms with Crippen LogP contribution in [0.4, 0.5) is 0 Å². The molecule has 0 aliphatic heterocycles. The fourth-order valence-corrected chi connectivity index (χ4v) is 0.536. The van der Waals surface area contributed by atoms with Gasteiger partial charge in [0.25, 0.3) is 0 Å². The van der Waals surface area contributed by atoms with Crippen molar-refractivity contribution in [2.24, 2.45) is 10.7 Å². The SMILES string of the molecule is NC(=O)CCCCN=C=O. The number of nitrogens with zero attached hydrogens (tertiary/aromatic N) is 1. The van der Waals surface area contributed by atoms with Gasteiger partial charge >= 0.3 is 0 Å². The van der Waals surface area contributed by atoms with Gasteiger partial charge in [0.15, 0.2) is 0 Å². The van der Waals surface area contributed by atoms with E-state index in [0.29, 0.717) is 19.4 Å². The van der Waals surface area contributed by atoms with Crippen molar-refractivity contribution in [2.75, 3.05) is 6.54 Å². The summed E-state index contributed by atoms with van der Waals surface area (Å²) in [5, 5.41) is 0. The maximum atomic E-state index is 10.1. The van der Waals surface area contributed by atoms with Crippen molar-refractivity contribution in [3.8, 4) is 0 Å². The number of primary amides is 1. The molecular formula is C6H10N2O2. The number of aliphatic imine (C=N–C) groups is 1. The lowest BCUT2D eigenvalue weighted by Gasteiger charge is -1.90. The second-order valence-corrected chi connectivity index (χ2v) is 1.90. The van der Waals surface area contributed by atoms with Crippen LogP contribution in [0.3, 0.4) is 0 Å². The number of hydrogen-bond acceptors (Lipinski definition) is 3. The van der Waals surface area contributed by atoms with Gasteiger partial charge in [-0.3, -0.25) is 4.79 Å². The lowest BCUT2D eigenvalue weighted by atomic mass is 10.2. The number of amides is 1. The molecule has 0 aliphatic rings. The second kappa shape index (κ2) is 5.98. The molecule has 0 spiro atoms. The summed E-state index contributed by atoms with van der Waals surface area (Å²) in [6, 6.07) is 0. The van der Waals surface area contributed by atoms with Crippen LogP contribution in [0.5, 0.6) is 0 Å². The Bertz CT molecular complexity index is 146. The fraction of sp³-hybridized carbons (Fsp3) is 0.667. The summed E-state index contributed by atoms with van der Waals surface area (Å²) >= 11 is 0. The van der Waals surface area contributed by atoms with Crippen molar-refractivity contribution in [3.63, 3.8) is 0 Å². The van der Waals surface area contributed by atoms with Crippen LogP contribution >= 0.6 is 0 Å². The summed E-state index contributed by atoms with van der Waals surface area (Å²) < 4.78 is 0. The normalized spacial score (nSPS) is 8.40. The van der Waals surface area contributed by atoms with Crippen LogP contribution in [0.2, 0.25) is 0 Å². The zero-order valence-electron chi connectivity index (χ0n) is 5.67. The van der Waals surface area contributed by atoms with E-state index < -0.39 is 0 Å². The molecule has 0 aromatic heterocycles. The minimum absolute atomic E-state index is 0.310. The predicted molar refractivity (Wildman–Crippen MR) is 36.0 cm³/mol. The van der Waals surface area contributed by atoms with E-state index in [1.165, 1.54) is 6.08 Å². The Morgan fingerprint density at radius 1 is 1.50 bits per heavy atom. The first-order valence-electron chi connectivity index (χ1n) is 3.09. The molecule has 0 fully saturated rings. The second-order valence-electron chi connectivity index (χ2n) is 1.90. The van der Waals surface area contributed by atoms with Crippen LogP contribution in [0.25, 0.3) is 0 Å². The minimum Gasteiger partial charge on any atom is -0.370 e. The van der Waals surface area contributed by atoms with E-state index in [2.05, 4.69) is 4.99 Å². The van der Waals surface area contributed by atoms with Crippen LogP contribution in [0.1, 0.15) is 19.3 Å². The first-order chi connectivity index (χ1) is 4.77. The summed E-state index contributed by atoms with van der Waals surface area (Å²) in [6.07, 6.45) is 3.20. The Hall–Kier alpha value is -1.15. The number of carbonyl (C=O) groups excluding carboxylic acids is 2. The molecule has 0 radical (unpaired) electrons. The molecule has 56 valence electrons. The number of rotatable bonds is 5. The third-order valence-electron chi connectivity index (χ3n) is 1.01. The third-order valence-corrected chi connectivity index (χ3v) is 1.01. The van der Waals surface area contributed by atoms with Crippen LogP contribution in [-0.4, -0.2) is 18.5 Å². The highest BCUT2D eigenvalue weighted by Crippen LogP contribution is 1.93. The quantitative estimate of drug-likeness (QED) is 0.333. The molecule has 0 aromatic rings. The molecule has 2 N–H and O–H groups in total. The van der Waals surface area contributed by atoms with Gasteiger partial charge in [-0.15, -0.1) is 0 Å². The Labute approximate surface area is 59.1 Å². The Kier molecular flexibility index (Phi) is 5.29. The molecule has 0 saturated heterocycles. The molecule has 4 nitrogen and oxygen atoms in total. The summed E-state index contributed by atoms with van der Waals surface area (Å²) in [5.41, 5.74) is 4.86. The van der Waals surface area contributed by atoms with Crippen molar-refractivity contribution in [1.82, 2.24) is 0 Å². The average Bonchev–Trinajstić information content (AvgIpc) is 1.87. The lowest BCUT2D eigenvalue weighted by Crippen LogP contribution is -2.09. The summed E-state index contributed by atoms with van der Waals surface area (Å²) in [6.45, 7) is 0.441. The van der Waals surface area contributed by atoms with Crippen molar-refractivity contribution in [1.29, 1.82) is 0 Å². The van der Waals surface area contributed by atoms with E-state index in [1.54, 1.807) is 0 Å². The molecule has 0 rings (SSSR count). The molecule has 0 saturated carbocycles. The minimum atomic E-state index is -0.310. The fourth-order valence-electron chi connectivity index (χ4n) is 0.536. The first-order valence-corrected chi connectivity index (χ1v) is 3.09. The predicted octanol–water partition coefficient (Wildman–Crippen LogP) is -0.0222. The standard InChI is InChI=1S/C6H10N2O2/c7-6(10)3-1-2-4-8-5-9/h1-4H2,(H2,7,10). The van der Waals surface area contributed by atoms with Crippen LogP contribution in [0, 0.1) is 0 Å². The van der Waals surface area contributed by atoms with E-state index in [9.17, 15) is 9.59 Å². The first kappa shape index (κ1) is 8.85. The largest absolute Gasteiger partial charge is 0.370 e. The van der Waals surface area contributed by atoms with E-state index in [0.717, 1.165) is 6.42 Å². The Balaban J connectivity index is 3.05. The van der Waals surface area contributed by atoms with Crippen LogP contribution in [-0.2, 0) is 9.59 Å². The van der Waals surface area contributed by atoms with Gasteiger partial charge in [0, 0.05) is 6.42 Å². The van der Waals surface area contributed by atoms with E-state index >= 15 is 0 Å². The third kappa shape index (κ3) is 6.85. The molecule has 0 heterocycles. The van der Waals surface area contributed by atoms with Gasteiger partial charge in [-0.1, -0.05) is 0 Å². The smallest absolute Gasteiger partial charge is 0.234 e. The molecule has 0 unspecified atom stereocenters. The summed E-state index contributed by atoms with van der Waals surface area (Å²) in [5.74, 6) is -0.310. The summed E-state index contributed by atoms with van der Waals surface area (Å²) in [4.78, 5) is 23.0. The van der Waals surface area contributed by atoms with Gasteiger partial charge in [0.1, 0.15) is 0 Å². The van der Waals surface area contributed by atoms with E-state index in [1.807, 2.05) is 0 Å². The highest BCUT2D eigenvalue weighted by atomic mass is 16.1. The van der Waals surface area contributed by atoms with Gasteiger partial charge in [-0.25, -0.2) is 9.79 Å². The molecule has 0 aromatic carbocycles. The zero-order valence-corrected chi connectivity index (χ0v) is 5.67. The van der Waals surface area contributed by atoms with Gasteiger partial charge in [-0.05, 0) is 12.8 Å². The maximum Gasteiger partial charge on any atom is 0.234 e. The molecule has 0 bridgehead atoms. The molecule has 0 atom stereocenters. The monoisotopic (exact) mass is 142 g/mol. The number of unbranched alkanes of at least 4 members (excludes halogenated alkanes) is 1. The van der Waals surface area contributed by atoms with E-state index in [4.69, 9.17) is 5.73 Å². The number of carbonyl (C=O) groups is 1. The van der Waals surface area contributed by atoms with Gasteiger partial charge in [-0.2, -0.15) is 0 Å². The zero-order chi connectivity index (χ0) is 7.82. The van der Waals surface area contributed by atoms with Crippen molar-refractivity contribution in [3.05, 3.63) is 0 Å². The van der Waals surface area contributed by atoms with E-state index in [-0.39, 0.29) is 5.91 Å². The topological polar surface area (TPSA) is 72.5 Å². The molecule has 0 aliphatic carbocycles. The number of hydrogen-bond donors (Lipinski definition) is 1.